The Labute approximate surface area is 126 Å². The molecule has 0 aliphatic rings. The molecule has 114 valence electrons. The first-order valence-electron chi connectivity index (χ1n) is 6.66. The maximum absolute atomic E-state index is 12.4. The van der Waals surface area contributed by atoms with Crippen LogP contribution in [0, 0.1) is 0 Å². The highest BCUT2D eigenvalue weighted by atomic mass is 32.2. The second-order valence-electron chi connectivity index (χ2n) is 4.93. The first kappa shape index (κ1) is 14.6. The van der Waals surface area contributed by atoms with Crippen molar-refractivity contribution in [1.82, 2.24) is 9.71 Å². The van der Waals surface area contributed by atoms with E-state index in [1.807, 2.05) is 30.3 Å². The van der Waals surface area contributed by atoms with Crippen LogP contribution in [0.5, 0.6) is 0 Å². The predicted molar refractivity (Wildman–Crippen MR) is 82.0 cm³/mol. The van der Waals surface area contributed by atoms with Gasteiger partial charge in [0.1, 0.15) is 0 Å². The van der Waals surface area contributed by atoms with E-state index in [1.54, 1.807) is 6.92 Å². The van der Waals surface area contributed by atoms with Crippen LogP contribution in [-0.2, 0) is 10.0 Å². The third-order valence-corrected chi connectivity index (χ3v) is 4.87. The molecule has 1 heterocycles. The molecule has 1 aromatic heterocycles. The number of oxazole rings is 1. The average Bonchev–Trinajstić information content (AvgIpc) is 2.86. The number of aromatic nitrogens is 1. The van der Waals surface area contributed by atoms with E-state index in [1.165, 1.54) is 18.2 Å². The van der Waals surface area contributed by atoms with Gasteiger partial charge in [0.2, 0.25) is 10.0 Å². The summed E-state index contributed by atoms with van der Waals surface area (Å²) in [5.74, 6) is -0.616. The van der Waals surface area contributed by atoms with Crippen LogP contribution in [0.4, 0.5) is 0 Å². The lowest BCUT2D eigenvalue weighted by Gasteiger charge is -2.14. The van der Waals surface area contributed by atoms with Crippen LogP contribution in [0.15, 0.2) is 62.6 Å². The van der Waals surface area contributed by atoms with Crippen LogP contribution in [0.3, 0.4) is 0 Å². The molecular weight excluding hydrogens is 304 g/mol. The number of benzene rings is 2. The van der Waals surface area contributed by atoms with Gasteiger partial charge in [-0.25, -0.2) is 17.9 Å². The third-order valence-electron chi connectivity index (χ3n) is 3.33. The van der Waals surface area contributed by atoms with E-state index in [-0.39, 0.29) is 16.5 Å². The molecule has 0 radical (unpaired) electrons. The molecule has 3 aromatic rings. The molecule has 0 spiro atoms. The lowest BCUT2D eigenvalue weighted by Crippen LogP contribution is -2.26. The summed E-state index contributed by atoms with van der Waals surface area (Å²) in [4.78, 5) is 13.6. The summed E-state index contributed by atoms with van der Waals surface area (Å²) in [5.41, 5.74) is 1.53. The number of hydrogen-bond acceptors (Lipinski definition) is 4. The van der Waals surface area contributed by atoms with Crippen molar-refractivity contribution in [2.24, 2.45) is 0 Å². The van der Waals surface area contributed by atoms with E-state index < -0.39 is 15.8 Å². The minimum absolute atomic E-state index is 0.0468. The maximum atomic E-state index is 12.4. The van der Waals surface area contributed by atoms with Gasteiger partial charge >= 0.3 is 5.76 Å². The fourth-order valence-electron chi connectivity index (χ4n) is 2.20. The summed E-state index contributed by atoms with van der Waals surface area (Å²) in [7, 11) is -3.72. The molecule has 3 rings (SSSR count). The molecule has 0 fully saturated rings. The number of nitrogens with one attached hydrogen (secondary N) is 2. The maximum Gasteiger partial charge on any atom is 0.417 e. The first-order valence-corrected chi connectivity index (χ1v) is 8.14. The number of sulfonamides is 1. The molecule has 0 unspecified atom stereocenters. The predicted octanol–water partition coefficient (Wildman–Crippen LogP) is 2.16. The first-order chi connectivity index (χ1) is 10.5. The Morgan fingerprint density at radius 2 is 1.86 bits per heavy atom. The van der Waals surface area contributed by atoms with Gasteiger partial charge in [-0.15, -0.1) is 0 Å². The van der Waals surface area contributed by atoms with Gasteiger partial charge in [-0.3, -0.25) is 4.98 Å². The van der Waals surface area contributed by atoms with E-state index in [0.29, 0.717) is 5.52 Å². The fraction of sp³-hybridized carbons (Fsp3) is 0.133. The Morgan fingerprint density at radius 1 is 1.14 bits per heavy atom. The summed E-state index contributed by atoms with van der Waals surface area (Å²) in [6.45, 7) is 1.77. The highest BCUT2D eigenvalue weighted by molar-refractivity contribution is 7.89. The molecule has 0 bridgehead atoms. The Balaban J connectivity index is 1.92. The number of H-pyrrole nitrogens is 1. The Morgan fingerprint density at radius 3 is 2.59 bits per heavy atom. The molecule has 6 nitrogen and oxygen atoms in total. The molecule has 2 N–H and O–H groups in total. The average molecular weight is 318 g/mol. The van der Waals surface area contributed by atoms with Gasteiger partial charge in [0.25, 0.3) is 0 Å². The second-order valence-corrected chi connectivity index (χ2v) is 6.64. The van der Waals surface area contributed by atoms with Crippen LogP contribution in [0.25, 0.3) is 11.1 Å². The van der Waals surface area contributed by atoms with Crippen molar-refractivity contribution in [1.29, 1.82) is 0 Å². The van der Waals surface area contributed by atoms with Crippen LogP contribution < -0.4 is 10.5 Å². The second kappa shape index (κ2) is 5.43. The molecule has 0 saturated carbocycles. The molecule has 0 aliphatic carbocycles. The van der Waals surface area contributed by atoms with Crippen molar-refractivity contribution in [3.8, 4) is 0 Å². The standard InChI is InChI=1S/C15H14N2O4S/c1-10(11-5-3-2-4-6-11)17-22(19,20)12-7-8-13-14(9-12)21-15(18)16-13/h2-10,17H,1H3,(H,16,18)/t10-/m0/s1. The minimum Gasteiger partial charge on any atom is -0.408 e. The van der Waals surface area contributed by atoms with Crippen molar-refractivity contribution in [3.05, 3.63) is 64.6 Å². The summed E-state index contributed by atoms with van der Waals surface area (Å²) < 4.78 is 32.3. The molecule has 0 saturated heterocycles. The van der Waals surface area contributed by atoms with Crippen molar-refractivity contribution in [3.63, 3.8) is 0 Å². The molecule has 1 atom stereocenters. The minimum atomic E-state index is -3.72. The van der Waals surface area contributed by atoms with Crippen molar-refractivity contribution in [2.75, 3.05) is 0 Å². The third kappa shape index (κ3) is 2.81. The van der Waals surface area contributed by atoms with Gasteiger partial charge in [0, 0.05) is 12.1 Å². The zero-order valence-electron chi connectivity index (χ0n) is 11.7. The monoisotopic (exact) mass is 318 g/mol. The lowest BCUT2D eigenvalue weighted by molar-refractivity contribution is 0.552. The largest absolute Gasteiger partial charge is 0.417 e. The molecule has 22 heavy (non-hydrogen) atoms. The number of aromatic amines is 1. The van der Waals surface area contributed by atoms with Crippen molar-refractivity contribution >= 4 is 21.1 Å². The summed E-state index contributed by atoms with van der Waals surface area (Å²) >= 11 is 0. The van der Waals surface area contributed by atoms with Crippen LogP contribution in [0.2, 0.25) is 0 Å². The molecule has 2 aromatic carbocycles. The number of hydrogen-bond donors (Lipinski definition) is 2. The Bertz CT molecular complexity index is 958. The van der Waals surface area contributed by atoms with Gasteiger partial charge in [-0.2, -0.15) is 0 Å². The van der Waals surface area contributed by atoms with Crippen LogP contribution >= 0.6 is 0 Å². The summed E-state index contributed by atoms with van der Waals surface area (Å²) in [6, 6.07) is 13.1. The quantitative estimate of drug-likeness (QED) is 0.771. The molecule has 7 heteroatoms. The molecule has 0 amide bonds. The summed E-state index contributed by atoms with van der Waals surface area (Å²) in [6.07, 6.45) is 0. The van der Waals surface area contributed by atoms with E-state index in [4.69, 9.17) is 4.42 Å². The molecular formula is C15H14N2O4S. The number of fused-ring (bicyclic) bond motifs is 1. The normalized spacial score (nSPS) is 13.3. The van der Waals surface area contributed by atoms with Gasteiger partial charge in [-0.05, 0) is 24.6 Å². The zero-order valence-corrected chi connectivity index (χ0v) is 12.6. The van der Waals surface area contributed by atoms with E-state index in [2.05, 4.69) is 9.71 Å². The van der Waals surface area contributed by atoms with Crippen LogP contribution in [0.1, 0.15) is 18.5 Å². The van der Waals surface area contributed by atoms with Gasteiger partial charge < -0.3 is 4.42 Å². The van der Waals surface area contributed by atoms with E-state index in [9.17, 15) is 13.2 Å². The SMILES string of the molecule is C[C@H](NS(=O)(=O)c1ccc2[nH]c(=O)oc2c1)c1ccccc1. The highest BCUT2D eigenvalue weighted by Crippen LogP contribution is 2.19. The van der Waals surface area contributed by atoms with Gasteiger partial charge in [0.05, 0.1) is 10.4 Å². The van der Waals surface area contributed by atoms with Crippen molar-refractivity contribution in [2.45, 2.75) is 17.9 Å². The highest BCUT2D eigenvalue weighted by Gasteiger charge is 2.19. The van der Waals surface area contributed by atoms with Gasteiger partial charge in [-0.1, -0.05) is 30.3 Å². The fourth-order valence-corrected chi connectivity index (χ4v) is 3.45. The summed E-state index contributed by atoms with van der Waals surface area (Å²) in [5, 5.41) is 0. The smallest absolute Gasteiger partial charge is 0.408 e. The number of rotatable bonds is 4. The van der Waals surface area contributed by atoms with E-state index >= 15 is 0 Å². The topological polar surface area (TPSA) is 92.2 Å². The zero-order chi connectivity index (χ0) is 15.7. The Hall–Kier alpha value is -2.38. The van der Waals surface area contributed by atoms with Crippen LogP contribution in [-0.4, -0.2) is 13.4 Å². The lowest BCUT2D eigenvalue weighted by atomic mass is 10.1. The Kier molecular flexibility index (Phi) is 3.59. The van der Waals surface area contributed by atoms with Gasteiger partial charge in [0.15, 0.2) is 5.58 Å². The van der Waals surface area contributed by atoms with E-state index in [0.717, 1.165) is 5.56 Å². The van der Waals surface area contributed by atoms with Crippen molar-refractivity contribution < 1.29 is 12.8 Å². The molecule has 0 aliphatic heterocycles.